The van der Waals surface area contributed by atoms with Crippen molar-refractivity contribution in [2.75, 3.05) is 19.7 Å². The van der Waals surface area contributed by atoms with Crippen LogP contribution in [0, 0.1) is 5.92 Å². The maximum atomic E-state index is 11.3. The minimum atomic E-state index is -0.387. The lowest BCUT2D eigenvalue weighted by atomic mass is 10.2. The largest absolute Gasteiger partial charge is 0.387 e. The molecule has 1 aromatic heterocycles. The van der Waals surface area contributed by atoms with Crippen molar-refractivity contribution >= 4 is 5.91 Å². The zero-order valence-corrected chi connectivity index (χ0v) is 8.33. The van der Waals surface area contributed by atoms with Crippen LogP contribution in [0.5, 0.6) is 0 Å². The van der Waals surface area contributed by atoms with Gasteiger partial charge in [-0.25, -0.2) is 0 Å². The number of likely N-dealkylation sites (tertiary alicyclic amines) is 1. The Balaban J connectivity index is 1.80. The maximum Gasteiger partial charge on any atom is 0.248 e. The number of aromatic nitrogens is 2. The van der Waals surface area contributed by atoms with Crippen LogP contribution in [0.15, 0.2) is 18.5 Å². The number of rotatable bonds is 2. The van der Waals surface area contributed by atoms with Crippen LogP contribution in [0.3, 0.4) is 0 Å². The Kier molecular flexibility index (Phi) is 1.68. The highest BCUT2D eigenvalue weighted by Gasteiger charge is 2.62. The molecule has 5 nitrogen and oxygen atoms in total. The molecule has 2 heterocycles. The van der Waals surface area contributed by atoms with Crippen molar-refractivity contribution in [3.05, 3.63) is 18.5 Å². The number of amides is 1. The first-order chi connectivity index (χ1) is 7.26. The molecular formula is C10H13N3O2. The first-order valence-corrected chi connectivity index (χ1v) is 5.15. The lowest BCUT2D eigenvalue weighted by molar-refractivity contribution is -0.133. The van der Waals surface area contributed by atoms with Crippen LogP contribution >= 0.6 is 0 Å². The molecule has 1 aliphatic carbocycles. The van der Waals surface area contributed by atoms with Crippen molar-refractivity contribution in [3.63, 3.8) is 0 Å². The molecule has 5 heteroatoms. The Bertz CT molecular complexity index is 389. The number of carbonyl (C=O) groups is 1. The number of hydrogen-bond donors (Lipinski definition) is 1. The van der Waals surface area contributed by atoms with Crippen LogP contribution in [0.4, 0.5) is 0 Å². The van der Waals surface area contributed by atoms with Crippen LogP contribution < -0.4 is 0 Å². The van der Waals surface area contributed by atoms with Gasteiger partial charge in [0.1, 0.15) is 6.61 Å². The van der Waals surface area contributed by atoms with Gasteiger partial charge in [-0.1, -0.05) is 0 Å². The highest BCUT2D eigenvalue weighted by atomic mass is 16.3. The number of nitrogens with zero attached hydrogens (tertiary/aromatic N) is 3. The fourth-order valence-corrected chi connectivity index (χ4v) is 2.63. The van der Waals surface area contributed by atoms with E-state index in [0.717, 1.165) is 13.0 Å². The predicted molar refractivity (Wildman–Crippen MR) is 52.0 cm³/mol. The number of aliphatic hydroxyl groups is 1. The predicted octanol–water partition coefficient (Wildman–Crippen LogP) is -0.567. The third-order valence-corrected chi connectivity index (χ3v) is 3.55. The monoisotopic (exact) mass is 207 g/mol. The Morgan fingerprint density at radius 2 is 2.53 bits per heavy atom. The lowest BCUT2D eigenvalue weighted by Gasteiger charge is -2.20. The molecule has 1 saturated heterocycles. The minimum absolute atomic E-state index is 0.0360. The molecule has 1 saturated carbocycles. The van der Waals surface area contributed by atoms with E-state index in [1.807, 2.05) is 16.9 Å². The summed E-state index contributed by atoms with van der Waals surface area (Å²) in [6.07, 6.45) is 4.82. The summed E-state index contributed by atoms with van der Waals surface area (Å²) in [6.45, 7) is 1.07. The average molecular weight is 207 g/mol. The van der Waals surface area contributed by atoms with Gasteiger partial charge in [0, 0.05) is 31.4 Å². The Morgan fingerprint density at radius 3 is 3.20 bits per heavy atom. The second-order valence-corrected chi connectivity index (χ2v) is 4.39. The molecule has 2 atom stereocenters. The quantitative estimate of drug-likeness (QED) is 0.706. The van der Waals surface area contributed by atoms with Crippen molar-refractivity contribution in [1.82, 2.24) is 14.7 Å². The fourth-order valence-electron chi connectivity index (χ4n) is 2.63. The third-order valence-electron chi connectivity index (χ3n) is 3.55. The molecule has 2 fully saturated rings. The number of fused-ring (bicyclic) bond motifs is 1. The molecule has 1 aromatic rings. The smallest absolute Gasteiger partial charge is 0.248 e. The van der Waals surface area contributed by atoms with E-state index in [1.54, 1.807) is 11.1 Å². The standard InChI is InChI=1S/C10H13N3O2/c14-6-9(15)12-5-8-4-10(8,7-12)13-3-1-2-11-13/h1-3,8,14H,4-7H2. The van der Waals surface area contributed by atoms with E-state index >= 15 is 0 Å². The lowest BCUT2D eigenvalue weighted by Crippen LogP contribution is -2.36. The average Bonchev–Trinajstić information content (AvgIpc) is 2.75. The summed E-state index contributed by atoms with van der Waals surface area (Å²) in [5, 5.41) is 13.0. The highest BCUT2D eigenvalue weighted by molar-refractivity contribution is 5.78. The van der Waals surface area contributed by atoms with Gasteiger partial charge in [-0.2, -0.15) is 5.10 Å². The van der Waals surface area contributed by atoms with Gasteiger partial charge in [0.25, 0.3) is 0 Å². The van der Waals surface area contributed by atoms with Gasteiger partial charge in [0.05, 0.1) is 5.54 Å². The van der Waals surface area contributed by atoms with Crippen molar-refractivity contribution in [2.24, 2.45) is 5.92 Å². The molecule has 0 aromatic carbocycles. The number of piperidine rings is 1. The normalized spacial score (nSPS) is 32.9. The molecule has 80 valence electrons. The summed E-state index contributed by atoms with van der Waals surface area (Å²) < 4.78 is 1.96. The van der Waals surface area contributed by atoms with E-state index in [1.165, 1.54) is 0 Å². The molecule has 1 N–H and O–H groups in total. The van der Waals surface area contributed by atoms with Crippen molar-refractivity contribution < 1.29 is 9.90 Å². The van der Waals surface area contributed by atoms with E-state index < -0.39 is 0 Å². The maximum absolute atomic E-state index is 11.3. The number of carbonyl (C=O) groups excluding carboxylic acids is 1. The van der Waals surface area contributed by atoms with E-state index in [-0.39, 0.29) is 18.1 Å². The summed E-state index contributed by atoms with van der Waals surface area (Å²) in [5.41, 5.74) is 0.0360. The summed E-state index contributed by atoms with van der Waals surface area (Å²) in [4.78, 5) is 13.1. The number of hydrogen-bond acceptors (Lipinski definition) is 3. The second kappa shape index (κ2) is 2.82. The summed E-state index contributed by atoms with van der Waals surface area (Å²) in [5.74, 6) is 0.349. The molecule has 1 amide bonds. The molecule has 0 bridgehead atoms. The third kappa shape index (κ3) is 1.13. The van der Waals surface area contributed by atoms with Crippen LogP contribution in [0.25, 0.3) is 0 Å². The van der Waals surface area contributed by atoms with Gasteiger partial charge in [-0.3, -0.25) is 9.48 Å². The topological polar surface area (TPSA) is 58.4 Å². The fraction of sp³-hybridized carbons (Fsp3) is 0.600. The van der Waals surface area contributed by atoms with E-state index in [4.69, 9.17) is 5.11 Å². The van der Waals surface area contributed by atoms with Gasteiger partial charge < -0.3 is 10.0 Å². The first kappa shape index (κ1) is 8.91. The summed E-state index contributed by atoms with van der Waals surface area (Å²) in [7, 11) is 0. The summed E-state index contributed by atoms with van der Waals surface area (Å²) in [6, 6.07) is 1.90. The SMILES string of the molecule is O=C(CO)N1CC2CC2(n2cccn2)C1. The molecule has 0 spiro atoms. The molecule has 1 aliphatic heterocycles. The summed E-state index contributed by atoms with van der Waals surface area (Å²) >= 11 is 0. The second-order valence-electron chi connectivity index (χ2n) is 4.39. The zero-order valence-electron chi connectivity index (χ0n) is 8.33. The van der Waals surface area contributed by atoms with E-state index in [0.29, 0.717) is 12.5 Å². The van der Waals surface area contributed by atoms with Crippen molar-refractivity contribution in [1.29, 1.82) is 0 Å². The van der Waals surface area contributed by atoms with Gasteiger partial charge in [0.15, 0.2) is 0 Å². The van der Waals surface area contributed by atoms with E-state index in [9.17, 15) is 4.79 Å². The van der Waals surface area contributed by atoms with Crippen LogP contribution in [0.1, 0.15) is 6.42 Å². The molecular weight excluding hydrogens is 194 g/mol. The zero-order chi connectivity index (χ0) is 10.5. The van der Waals surface area contributed by atoms with Gasteiger partial charge in [0.2, 0.25) is 5.91 Å². The molecule has 2 unspecified atom stereocenters. The van der Waals surface area contributed by atoms with Crippen LogP contribution in [-0.4, -0.2) is 45.4 Å². The van der Waals surface area contributed by atoms with Crippen molar-refractivity contribution in [3.8, 4) is 0 Å². The first-order valence-electron chi connectivity index (χ1n) is 5.15. The van der Waals surface area contributed by atoms with Crippen LogP contribution in [-0.2, 0) is 10.3 Å². The number of aliphatic hydroxyl groups excluding tert-OH is 1. The Labute approximate surface area is 87.3 Å². The van der Waals surface area contributed by atoms with Gasteiger partial charge in [-0.15, -0.1) is 0 Å². The van der Waals surface area contributed by atoms with E-state index in [2.05, 4.69) is 5.10 Å². The van der Waals surface area contributed by atoms with Crippen molar-refractivity contribution in [2.45, 2.75) is 12.0 Å². The molecule has 2 aliphatic rings. The van der Waals surface area contributed by atoms with Gasteiger partial charge >= 0.3 is 0 Å². The molecule has 15 heavy (non-hydrogen) atoms. The highest BCUT2D eigenvalue weighted by Crippen LogP contribution is 2.55. The van der Waals surface area contributed by atoms with Gasteiger partial charge in [-0.05, 0) is 12.5 Å². The molecule has 3 rings (SSSR count). The van der Waals surface area contributed by atoms with Crippen LogP contribution in [0.2, 0.25) is 0 Å². The Hall–Kier alpha value is -1.36. The Morgan fingerprint density at radius 1 is 1.67 bits per heavy atom. The minimum Gasteiger partial charge on any atom is -0.387 e. The molecule has 0 radical (unpaired) electrons.